The molecule has 0 amide bonds. The number of rotatable bonds is 3. The minimum Gasteiger partial charge on any atom is -0.376 e. The molecule has 2 rings (SSSR count). The molecule has 1 atom stereocenters. The highest BCUT2D eigenvalue weighted by Crippen LogP contribution is 2.23. The zero-order valence-electron chi connectivity index (χ0n) is 9.19. The summed E-state index contributed by atoms with van der Waals surface area (Å²) in [5, 5.41) is 3.24. The molecule has 1 unspecified atom stereocenters. The fourth-order valence-corrected chi connectivity index (χ4v) is 1.89. The van der Waals surface area contributed by atoms with E-state index in [-0.39, 0.29) is 11.9 Å². The maximum atomic E-state index is 13.1. The molecular formula is C12H11BrFN3. The quantitative estimate of drug-likeness (QED) is 0.941. The number of nitrogens with one attached hydrogen (secondary N) is 1. The largest absolute Gasteiger partial charge is 0.376 e. The third kappa shape index (κ3) is 3.00. The molecule has 17 heavy (non-hydrogen) atoms. The second-order valence-corrected chi connectivity index (χ2v) is 4.52. The SMILES string of the molecule is CC(Nc1cncnc1)c1ccc(F)c(Br)c1. The number of hydrogen-bond acceptors (Lipinski definition) is 3. The van der Waals surface area contributed by atoms with Crippen molar-refractivity contribution in [2.24, 2.45) is 0 Å². The Kier molecular flexibility index (Phi) is 3.68. The molecule has 0 spiro atoms. The van der Waals surface area contributed by atoms with Gasteiger partial charge in [0.15, 0.2) is 0 Å². The third-order valence-corrected chi connectivity index (χ3v) is 3.00. The van der Waals surface area contributed by atoms with Crippen LogP contribution in [0.25, 0.3) is 0 Å². The first-order valence-corrected chi connectivity index (χ1v) is 5.92. The van der Waals surface area contributed by atoms with E-state index in [1.165, 1.54) is 12.4 Å². The summed E-state index contributed by atoms with van der Waals surface area (Å²) in [5.74, 6) is -0.260. The van der Waals surface area contributed by atoms with Crippen molar-refractivity contribution >= 4 is 21.6 Å². The molecule has 1 heterocycles. The maximum Gasteiger partial charge on any atom is 0.137 e. The highest BCUT2D eigenvalue weighted by atomic mass is 79.9. The van der Waals surface area contributed by atoms with Crippen LogP contribution in [0, 0.1) is 5.82 Å². The second-order valence-electron chi connectivity index (χ2n) is 3.67. The van der Waals surface area contributed by atoms with E-state index in [0.29, 0.717) is 4.47 Å². The summed E-state index contributed by atoms with van der Waals surface area (Å²) < 4.78 is 13.6. The van der Waals surface area contributed by atoms with Crippen molar-refractivity contribution in [2.45, 2.75) is 13.0 Å². The van der Waals surface area contributed by atoms with E-state index in [9.17, 15) is 4.39 Å². The van der Waals surface area contributed by atoms with Crippen LogP contribution in [-0.2, 0) is 0 Å². The lowest BCUT2D eigenvalue weighted by atomic mass is 10.1. The second kappa shape index (κ2) is 5.23. The van der Waals surface area contributed by atoms with Crippen molar-refractivity contribution < 1.29 is 4.39 Å². The Morgan fingerprint density at radius 1 is 1.29 bits per heavy atom. The van der Waals surface area contributed by atoms with Gasteiger partial charge in [-0.15, -0.1) is 0 Å². The summed E-state index contributed by atoms with van der Waals surface area (Å²) in [4.78, 5) is 7.84. The lowest BCUT2D eigenvalue weighted by Gasteiger charge is -2.15. The fraction of sp³-hybridized carbons (Fsp3) is 0.167. The Labute approximate surface area is 107 Å². The Morgan fingerprint density at radius 2 is 2.00 bits per heavy atom. The van der Waals surface area contributed by atoms with Crippen LogP contribution in [0.3, 0.4) is 0 Å². The van der Waals surface area contributed by atoms with Crippen LogP contribution in [0.1, 0.15) is 18.5 Å². The summed E-state index contributed by atoms with van der Waals surface area (Å²) in [5.41, 5.74) is 1.82. The molecule has 0 saturated heterocycles. The molecule has 0 bridgehead atoms. The summed E-state index contributed by atoms with van der Waals surface area (Å²) >= 11 is 3.17. The summed E-state index contributed by atoms with van der Waals surface area (Å²) in [6.45, 7) is 1.99. The Balaban J connectivity index is 2.14. The van der Waals surface area contributed by atoms with Crippen molar-refractivity contribution in [3.05, 3.63) is 52.8 Å². The molecule has 1 aromatic carbocycles. The van der Waals surface area contributed by atoms with Gasteiger partial charge in [0, 0.05) is 6.04 Å². The van der Waals surface area contributed by atoms with Gasteiger partial charge in [0.2, 0.25) is 0 Å². The number of anilines is 1. The van der Waals surface area contributed by atoms with E-state index < -0.39 is 0 Å². The Hall–Kier alpha value is -1.49. The van der Waals surface area contributed by atoms with Gasteiger partial charge in [-0.1, -0.05) is 6.07 Å². The molecule has 0 aliphatic carbocycles. The molecule has 0 fully saturated rings. The zero-order chi connectivity index (χ0) is 12.3. The molecule has 1 aromatic heterocycles. The number of nitrogens with zero attached hydrogens (tertiary/aromatic N) is 2. The van der Waals surface area contributed by atoms with E-state index in [1.807, 2.05) is 6.92 Å². The third-order valence-electron chi connectivity index (χ3n) is 2.39. The average molecular weight is 296 g/mol. The van der Waals surface area contributed by atoms with E-state index in [4.69, 9.17) is 0 Å². The monoisotopic (exact) mass is 295 g/mol. The number of hydrogen-bond donors (Lipinski definition) is 1. The lowest BCUT2D eigenvalue weighted by molar-refractivity contribution is 0.619. The fourth-order valence-electron chi connectivity index (χ4n) is 1.49. The van der Waals surface area contributed by atoms with Gasteiger partial charge in [-0.05, 0) is 40.5 Å². The first kappa shape index (κ1) is 12.0. The van der Waals surface area contributed by atoms with Crippen molar-refractivity contribution in [3.63, 3.8) is 0 Å². The highest BCUT2D eigenvalue weighted by Gasteiger charge is 2.08. The van der Waals surface area contributed by atoms with E-state index in [2.05, 4.69) is 31.2 Å². The van der Waals surface area contributed by atoms with Crippen LogP contribution >= 0.6 is 15.9 Å². The molecule has 5 heteroatoms. The van der Waals surface area contributed by atoms with Gasteiger partial charge in [0.1, 0.15) is 12.1 Å². The average Bonchev–Trinajstić information content (AvgIpc) is 2.34. The standard InChI is InChI=1S/C12H11BrFN3/c1-8(17-10-5-15-7-16-6-10)9-2-3-12(14)11(13)4-9/h2-8,17H,1H3. The Bertz CT molecular complexity index is 504. The van der Waals surface area contributed by atoms with Gasteiger partial charge < -0.3 is 5.32 Å². The van der Waals surface area contributed by atoms with E-state index >= 15 is 0 Å². The van der Waals surface area contributed by atoms with E-state index in [0.717, 1.165) is 11.3 Å². The van der Waals surface area contributed by atoms with Crippen molar-refractivity contribution in [1.82, 2.24) is 9.97 Å². The number of halogens is 2. The number of aromatic nitrogens is 2. The molecule has 0 saturated carbocycles. The molecule has 3 nitrogen and oxygen atoms in total. The maximum absolute atomic E-state index is 13.1. The van der Waals surface area contributed by atoms with Gasteiger partial charge in [-0.3, -0.25) is 0 Å². The predicted molar refractivity (Wildman–Crippen MR) is 68.2 cm³/mol. The van der Waals surface area contributed by atoms with Crippen molar-refractivity contribution in [1.29, 1.82) is 0 Å². The van der Waals surface area contributed by atoms with Crippen molar-refractivity contribution in [3.8, 4) is 0 Å². The van der Waals surface area contributed by atoms with Crippen molar-refractivity contribution in [2.75, 3.05) is 5.32 Å². The molecule has 0 radical (unpaired) electrons. The minimum atomic E-state index is -0.260. The highest BCUT2D eigenvalue weighted by molar-refractivity contribution is 9.10. The van der Waals surface area contributed by atoms with Gasteiger partial charge in [0.05, 0.1) is 22.6 Å². The van der Waals surface area contributed by atoms with Crippen LogP contribution in [0.4, 0.5) is 10.1 Å². The molecule has 2 aromatic rings. The first-order chi connectivity index (χ1) is 8.16. The normalized spacial score (nSPS) is 12.2. The Morgan fingerprint density at radius 3 is 2.65 bits per heavy atom. The molecule has 1 N–H and O–H groups in total. The predicted octanol–water partition coefficient (Wildman–Crippen LogP) is 3.55. The van der Waals surface area contributed by atoms with Gasteiger partial charge >= 0.3 is 0 Å². The summed E-state index contributed by atoms with van der Waals surface area (Å²) in [6, 6.07) is 5.01. The molecule has 0 aliphatic heterocycles. The molecule has 0 aliphatic rings. The molecular weight excluding hydrogens is 285 g/mol. The van der Waals surface area contributed by atoms with Crippen LogP contribution in [0.5, 0.6) is 0 Å². The van der Waals surface area contributed by atoms with Gasteiger partial charge in [-0.2, -0.15) is 0 Å². The van der Waals surface area contributed by atoms with Crippen LogP contribution in [0.15, 0.2) is 41.4 Å². The summed E-state index contributed by atoms with van der Waals surface area (Å²) in [6.07, 6.45) is 4.87. The van der Waals surface area contributed by atoms with Gasteiger partial charge in [0.25, 0.3) is 0 Å². The van der Waals surface area contributed by atoms with Crippen LogP contribution in [-0.4, -0.2) is 9.97 Å². The molecule has 88 valence electrons. The van der Waals surface area contributed by atoms with Crippen LogP contribution in [0.2, 0.25) is 0 Å². The van der Waals surface area contributed by atoms with E-state index in [1.54, 1.807) is 24.5 Å². The number of benzene rings is 1. The van der Waals surface area contributed by atoms with Crippen LogP contribution < -0.4 is 5.32 Å². The first-order valence-electron chi connectivity index (χ1n) is 5.13. The smallest absolute Gasteiger partial charge is 0.137 e. The zero-order valence-corrected chi connectivity index (χ0v) is 10.8. The summed E-state index contributed by atoms with van der Waals surface area (Å²) in [7, 11) is 0. The lowest BCUT2D eigenvalue weighted by Crippen LogP contribution is -2.07. The van der Waals surface area contributed by atoms with Gasteiger partial charge in [-0.25, -0.2) is 14.4 Å². The topological polar surface area (TPSA) is 37.8 Å². The minimum absolute atomic E-state index is 0.0536.